The first-order chi connectivity index (χ1) is 11.2. The van der Waals surface area contributed by atoms with Crippen molar-refractivity contribution in [2.75, 3.05) is 0 Å². The van der Waals surface area contributed by atoms with E-state index in [1.54, 1.807) is 35.6 Å². The summed E-state index contributed by atoms with van der Waals surface area (Å²) in [5, 5.41) is 8.19. The lowest BCUT2D eigenvalue weighted by Gasteiger charge is -2.19. The van der Waals surface area contributed by atoms with Gasteiger partial charge in [0.25, 0.3) is 0 Å². The summed E-state index contributed by atoms with van der Waals surface area (Å²) in [6.45, 7) is 0. The van der Waals surface area contributed by atoms with E-state index in [9.17, 15) is 4.79 Å². The lowest BCUT2D eigenvalue weighted by Crippen LogP contribution is -2.26. The van der Waals surface area contributed by atoms with Gasteiger partial charge >= 0.3 is 5.91 Å². The van der Waals surface area contributed by atoms with Crippen molar-refractivity contribution in [3.05, 3.63) is 69.7 Å². The Morgan fingerprint density at radius 2 is 2.22 bits per heavy atom. The predicted octanol–water partition coefficient (Wildman–Crippen LogP) is 4.58. The Morgan fingerprint density at radius 3 is 2.87 bits per heavy atom. The average Bonchev–Trinajstić information content (AvgIpc) is 3.31. The minimum Gasteiger partial charge on any atom is -0.459 e. The van der Waals surface area contributed by atoms with Gasteiger partial charge in [-0.25, -0.2) is 5.01 Å². The Kier molecular flexibility index (Phi) is 3.55. The minimum absolute atomic E-state index is 0.175. The van der Waals surface area contributed by atoms with Crippen LogP contribution in [0, 0.1) is 0 Å². The molecule has 0 fully saturated rings. The molecule has 3 aromatic heterocycles. The summed E-state index contributed by atoms with van der Waals surface area (Å²) in [6, 6.07) is 10.5. The van der Waals surface area contributed by atoms with Gasteiger partial charge < -0.3 is 8.83 Å². The molecule has 0 spiro atoms. The molecule has 7 heteroatoms. The number of furan rings is 2. The van der Waals surface area contributed by atoms with Crippen molar-refractivity contribution in [1.82, 2.24) is 5.01 Å². The number of carbonyl (C=O) groups is 1. The van der Waals surface area contributed by atoms with Crippen molar-refractivity contribution in [3.63, 3.8) is 0 Å². The zero-order valence-corrected chi connectivity index (χ0v) is 13.4. The molecular weight excluding hydrogens is 336 g/mol. The van der Waals surface area contributed by atoms with Gasteiger partial charge in [0.1, 0.15) is 5.71 Å². The quantitative estimate of drug-likeness (QED) is 0.697. The van der Waals surface area contributed by atoms with Crippen LogP contribution in [0.4, 0.5) is 0 Å². The van der Waals surface area contributed by atoms with Crippen LogP contribution in [-0.4, -0.2) is 16.6 Å². The second-order valence-corrected chi connectivity index (χ2v) is 6.36. The van der Waals surface area contributed by atoms with E-state index >= 15 is 0 Å². The zero-order valence-electron chi connectivity index (χ0n) is 11.8. The number of hydrazone groups is 1. The fourth-order valence-electron chi connectivity index (χ4n) is 2.53. The number of thiophene rings is 1. The first kappa shape index (κ1) is 14.3. The highest BCUT2D eigenvalue weighted by Gasteiger charge is 2.36. The number of amides is 1. The molecule has 0 saturated heterocycles. The van der Waals surface area contributed by atoms with E-state index < -0.39 is 0 Å². The van der Waals surface area contributed by atoms with Crippen LogP contribution in [0.5, 0.6) is 0 Å². The number of halogens is 1. The second kappa shape index (κ2) is 5.72. The van der Waals surface area contributed by atoms with Gasteiger partial charge in [0.2, 0.25) is 0 Å². The third-order valence-electron chi connectivity index (χ3n) is 3.58. The Bertz CT molecular complexity index is 852. The molecule has 23 heavy (non-hydrogen) atoms. The van der Waals surface area contributed by atoms with E-state index in [4.69, 9.17) is 20.4 Å². The molecule has 116 valence electrons. The van der Waals surface area contributed by atoms with Gasteiger partial charge in [0.05, 0.1) is 12.3 Å². The van der Waals surface area contributed by atoms with Crippen molar-refractivity contribution < 1.29 is 13.6 Å². The summed E-state index contributed by atoms with van der Waals surface area (Å²) in [6.07, 6.45) is 2.04. The van der Waals surface area contributed by atoms with Gasteiger partial charge in [-0.1, -0.05) is 6.07 Å². The summed E-state index contributed by atoms with van der Waals surface area (Å²) in [5.41, 5.74) is 0.690. The third kappa shape index (κ3) is 2.60. The van der Waals surface area contributed by atoms with Crippen LogP contribution in [0.15, 0.2) is 62.0 Å². The molecule has 3 aromatic rings. The molecule has 1 atom stereocenters. The molecule has 5 nitrogen and oxygen atoms in total. The van der Waals surface area contributed by atoms with Crippen LogP contribution in [0.2, 0.25) is 5.22 Å². The Balaban J connectivity index is 1.71. The molecule has 0 aliphatic carbocycles. The highest BCUT2D eigenvalue weighted by atomic mass is 35.5. The van der Waals surface area contributed by atoms with Crippen molar-refractivity contribution >= 4 is 34.6 Å². The maximum atomic E-state index is 12.7. The smallest absolute Gasteiger partial charge is 0.310 e. The average molecular weight is 347 g/mol. The van der Waals surface area contributed by atoms with Gasteiger partial charge in [0.15, 0.2) is 16.7 Å². The lowest BCUT2D eigenvalue weighted by atomic mass is 10.1. The van der Waals surface area contributed by atoms with Crippen LogP contribution in [0.25, 0.3) is 0 Å². The number of hydrogen-bond acceptors (Lipinski definition) is 5. The molecule has 1 aliphatic rings. The Morgan fingerprint density at radius 1 is 1.30 bits per heavy atom. The maximum absolute atomic E-state index is 12.7. The normalized spacial score (nSPS) is 17.5. The minimum atomic E-state index is -0.277. The van der Waals surface area contributed by atoms with Crippen molar-refractivity contribution in [1.29, 1.82) is 0 Å². The Labute approximate surface area is 140 Å². The first-order valence-corrected chi connectivity index (χ1v) is 8.22. The van der Waals surface area contributed by atoms with Crippen LogP contribution in [0.1, 0.15) is 33.7 Å². The van der Waals surface area contributed by atoms with E-state index in [1.807, 2.05) is 17.5 Å². The van der Waals surface area contributed by atoms with E-state index in [0.29, 0.717) is 23.1 Å². The molecule has 0 N–H and O–H groups in total. The summed E-state index contributed by atoms with van der Waals surface area (Å²) in [4.78, 5) is 13.7. The fraction of sp³-hybridized carbons (Fsp3) is 0.125. The summed E-state index contributed by atoms with van der Waals surface area (Å²) < 4.78 is 10.6. The molecule has 4 heterocycles. The number of hydrogen-bond donors (Lipinski definition) is 0. The van der Waals surface area contributed by atoms with Crippen LogP contribution in [0.3, 0.4) is 0 Å². The number of carbonyl (C=O) groups excluding carboxylic acids is 1. The summed E-state index contributed by atoms with van der Waals surface area (Å²) in [7, 11) is 0. The number of nitrogens with zero attached hydrogens (tertiary/aromatic N) is 2. The van der Waals surface area contributed by atoms with Gasteiger partial charge in [-0.05, 0) is 47.3 Å². The van der Waals surface area contributed by atoms with Gasteiger partial charge in [0, 0.05) is 11.3 Å². The van der Waals surface area contributed by atoms with Crippen LogP contribution < -0.4 is 0 Å². The van der Waals surface area contributed by atoms with Crippen LogP contribution >= 0.6 is 22.9 Å². The van der Waals surface area contributed by atoms with Gasteiger partial charge in [-0.15, -0.1) is 11.3 Å². The number of rotatable bonds is 3. The molecule has 4 rings (SSSR count). The standard InChI is InChI=1S/C16H11ClN2O3S/c17-15-6-5-12(22-15)10-9-11(14-4-2-8-23-14)19(18-10)16(20)13-3-1-7-21-13/h1-8,11H,9H2/t11-/m1/s1. The van der Waals surface area contributed by atoms with Crippen molar-refractivity contribution in [3.8, 4) is 0 Å². The first-order valence-electron chi connectivity index (χ1n) is 6.96. The highest BCUT2D eigenvalue weighted by molar-refractivity contribution is 7.10. The van der Waals surface area contributed by atoms with E-state index in [1.165, 1.54) is 11.3 Å². The second-order valence-electron chi connectivity index (χ2n) is 5.01. The fourth-order valence-corrected chi connectivity index (χ4v) is 3.49. The third-order valence-corrected chi connectivity index (χ3v) is 4.76. The van der Waals surface area contributed by atoms with E-state index in [-0.39, 0.29) is 17.7 Å². The predicted molar refractivity (Wildman–Crippen MR) is 86.8 cm³/mol. The SMILES string of the molecule is O=C(c1ccco1)N1N=C(c2ccc(Cl)o2)C[C@@H]1c1cccs1. The summed E-state index contributed by atoms with van der Waals surface area (Å²) >= 11 is 7.43. The highest BCUT2D eigenvalue weighted by Crippen LogP contribution is 2.36. The molecule has 1 aliphatic heterocycles. The molecule has 1 amide bonds. The van der Waals surface area contributed by atoms with Crippen molar-refractivity contribution in [2.24, 2.45) is 5.10 Å². The maximum Gasteiger partial charge on any atom is 0.310 e. The summed E-state index contributed by atoms with van der Waals surface area (Å²) in [5.74, 6) is 0.557. The molecule has 0 saturated carbocycles. The molecule has 0 unspecified atom stereocenters. The van der Waals surface area contributed by atoms with Gasteiger partial charge in [-0.3, -0.25) is 4.79 Å². The van der Waals surface area contributed by atoms with E-state index in [2.05, 4.69) is 5.10 Å². The molecule has 0 bridgehead atoms. The zero-order chi connectivity index (χ0) is 15.8. The molecule has 0 aromatic carbocycles. The monoisotopic (exact) mass is 346 g/mol. The largest absolute Gasteiger partial charge is 0.459 e. The van der Waals surface area contributed by atoms with E-state index in [0.717, 1.165) is 4.88 Å². The molecular formula is C16H11ClN2O3S. The lowest BCUT2D eigenvalue weighted by molar-refractivity contribution is 0.0681. The van der Waals surface area contributed by atoms with Gasteiger partial charge in [-0.2, -0.15) is 5.10 Å². The van der Waals surface area contributed by atoms with Crippen molar-refractivity contribution in [2.45, 2.75) is 12.5 Å². The van der Waals surface area contributed by atoms with Crippen LogP contribution in [-0.2, 0) is 0 Å². The molecule has 0 radical (unpaired) electrons. The Hall–Kier alpha value is -2.31. The topological polar surface area (TPSA) is 59.0 Å².